The van der Waals surface area contributed by atoms with E-state index in [2.05, 4.69) is 27.8 Å². The Kier molecular flexibility index (Phi) is 7.81. The number of aromatic nitrogens is 1. The summed E-state index contributed by atoms with van der Waals surface area (Å²) >= 11 is 0. The first-order valence-electron chi connectivity index (χ1n) is 12.7. The molecular weight excluding hydrogens is 466 g/mol. The van der Waals surface area contributed by atoms with Gasteiger partial charge in [0.05, 0.1) is 12.6 Å². The Morgan fingerprint density at radius 3 is 2.54 bits per heavy atom. The number of carbonyl (C=O) groups excluding carboxylic acids is 3. The summed E-state index contributed by atoms with van der Waals surface area (Å²) in [6.45, 7) is 6.99. The van der Waals surface area contributed by atoms with E-state index in [1.165, 1.54) is 5.56 Å². The zero-order chi connectivity index (χ0) is 26.6. The minimum Gasteiger partial charge on any atom is -0.444 e. The summed E-state index contributed by atoms with van der Waals surface area (Å²) in [7, 11) is 0. The van der Waals surface area contributed by atoms with Crippen LogP contribution in [-0.2, 0) is 27.2 Å². The lowest BCUT2D eigenvalue weighted by Gasteiger charge is -2.24. The topological polar surface area (TPSA) is 100 Å². The number of amides is 2. The van der Waals surface area contributed by atoms with Crippen LogP contribution < -0.4 is 10.6 Å². The number of alkyl carbamates (subject to hydrolysis) is 1. The number of hydrogen-bond acceptors (Lipinski definition) is 4. The SMILES string of the molecule is C[C@@H](Cc1c[nH]c2ccccc12)C(=O)NCC(=O)[C@@H](CC1=CCc2ccccc21)NC(=O)OC(C)(C)C. The molecule has 194 valence electrons. The highest BCUT2D eigenvalue weighted by Gasteiger charge is 2.28. The Bertz CT molecular complexity index is 1330. The third kappa shape index (κ3) is 6.67. The molecule has 0 bridgehead atoms. The molecular formula is C30H35N3O4. The van der Waals surface area contributed by atoms with Crippen molar-refractivity contribution in [3.8, 4) is 0 Å². The van der Waals surface area contributed by atoms with Gasteiger partial charge in [-0.3, -0.25) is 9.59 Å². The van der Waals surface area contributed by atoms with Crippen LogP contribution in [0.15, 0.2) is 60.8 Å². The van der Waals surface area contributed by atoms with Crippen LogP contribution in [0.5, 0.6) is 0 Å². The fourth-order valence-electron chi connectivity index (χ4n) is 4.66. The van der Waals surface area contributed by atoms with E-state index in [1.807, 2.05) is 55.6 Å². The number of allylic oxidation sites excluding steroid dienone is 1. The van der Waals surface area contributed by atoms with Crippen LogP contribution in [-0.4, -0.2) is 41.0 Å². The molecule has 1 aliphatic rings. The lowest BCUT2D eigenvalue weighted by molar-refractivity contribution is -0.128. The molecule has 2 atom stereocenters. The monoisotopic (exact) mass is 501 g/mol. The molecule has 0 aliphatic heterocycles. The van der Waals surface area contributed by atoms with E-state index in [-0.39, 0.29) is 24.2 Å². The maximum atomic E-state index is 13.2. The maximum absolute atomic E-state index is 13.2. The predicted octanol–water partition coefficient (Wildman–Crippen LogP) is 4.95. The number of ketones is 1. The number of para-hydroxylation sites is 1. The van der Waals surface area contributed by atoms with Gasteiger partial charge in [-0.15, -0.1) is 0 Å². The molecule has 0 unspecified atom stereocenters. The van der Waals surface area contributed by atoms with Crippen molar-refractivity contribution in [1.82, 2.24) is 15.6 Å². The van der Waals surface area contributed by atoms with E-state index in [0.717, 1.165) is 34.0 Å². The van der Waals surface area contributed by atoms with Crippen LogP contribution in [0.25, 0.3) is 16.5 Å². The average Bonchev–Trinajstić information content (AvgIpc) is 3.45. The molecule has 0 saturated heterocycles. The summed E-state index contributed by atoms with van der Waals surface area (Å²) in [5, 5.41) is 6.60. The summed E-state index contributed by atoms with van der Waals surface area (Å²) in [5.41, 5.74) is 4.68. The largest absolute Gasteiger partial charge is 0.444 e. The molecule has 1 aromatic heterocycles. The van der Waals surface area contributed by atoms with E-state index in [4.69, 9.17) is 4.74 Å². The molecule has 7 nitrogen and oxygen atoms in total. The zero-order valence-electron chi connectivity index (χ0n) is 21.9. The Hall–Kier alpha value is -3.87. The van der Waals surface area contributed by atoms with Crippen LogP contribution in [0.2, 0.25) is 0 Å². The van der Waals surface area contributed by atoms with Gasteiger partial charge in [0.2, 0.25) is 5.91 Å². The first-order chi connectivity index (χ1) is 17.6. The molecule has 1 heterocycles. The van der Waals surface area contributed by atoms with Gasteiger partial charge >= 0.3 is 6.09 Å². The second kappa shape index (κ2) is 11.0. The van der Waals surface area contributed by atoms with E-state index in [1.54, 1.807) is 20.8 Å². The number of aromatic amines is 1. The molecule has 0 radical (unpaired) electrons. The standard InChI is InChI=1S/C30H35N3O4/c1-19(15-22-17-31-25-12-8-7-11-24(22)25)28(35)32-18-27(34)26(33-29(36)37-30(2,3)4)16-21-14-13-20-9-5-6-10-23(20)21/h5-12,14,17,19,26,31H,13,15-16,18H2,1-4H3,(H,32,35)(H,33,36)/t19-,26+/m0/s1. The van der Waals surface area contributed by atoms with Crippen molar-refractivity contribution < 1.29 is 19.1 Å². The van der Waals surface area contributed by atoms with Crippen molar-refractivity contribution >= 4 is 34.3 Å². The maximum Gasteiger partial charge on any atom is 0.408 e. The van der Waals surface area contributed by atoms with Crippen molar-refractivity contribution in [1.29, 1.82) is 0 Å². The van der Waals surface area contributed by atoms with E-state index in [0.29, 0.717) is 12.8 Å². The summed E-state index contributed by atoms with van der Waals surface area (Å²) in [6, 6.07) is 15.2. The third-order valence-electron chi connectivity index (χ3n) is 6.52. The zero-order valence-corrected chi connectivity index (χ0v) is 21.9. The van der Waals surface area contributed by atoms with Crippen molar-refractivity contribution in [3.63, 3.8) is 0 Å². The summed E-state index contributed by atoms with van der Waals surface area (Å²) in [5.74, 6) is -0.808. The van der Waals surface area contributed by atoms with E-state index < -0.39 is 17.7 Å². The Morgan fingerprint density at radius 1 is 1.03 bits per heavy atom. The minimum atomic E-state index is -0.823. The highest BCUT2D eigenvalue weighted by molar-refractivity contribution is 5.94. The van der Waals surface area contributed by atoms with Gasteiger partial charge in [-0.05, 0) is 61.9 Å². The van der Waals surface area contributed by atoms with Gasteiger partial charge in [-0.1, -0.05) is 55.5 Å². The van der Waals surface area contributed by atoms with Gasteiger partial charge in [0.1, 0.15) is 5.60 Å². The first-order valence-corrected chi connectivity index (χ1v) is 12.7. The molecule has 3 N–H and O–H groups in total. The number of H-pyrrole nitrogens is 1. The van der Waals surface area contributed by atoms with Gasteiger partial charge in [-0.2, -0.15) is 0 Å². The molecule has 2 aromatic carbocycles. The lowest BCUT2D eigenvalue weighted by atomic mass is 9.97. The Morgan fingerprint density at radius 2 is 1.76 bits per heavy atom. The van der Waals surface area contributed by atoms with Crippen LogP contribution in [0.1, 0.15) is 50.8 Å². The van der Waals surface area contributed by atoms with Gasteiger partial charge in [0.25, 0.3) is 0 Å². The smallest absolute Gasteiger partial charge is 0.408 e. The van der Waals surface area contributed by atoms with Crippen LogP contribution in [0, 0.1) is 5.92 Å². The van der Waals surface area contributed by atoms with Crippen LogP contribution in [0.4, 0.5) is 4.79 Å². The van der Waals surface area contributed by atoms with E-state index in [9.17, 15) is 14.4 Å². The number of benzene rings is 2. The summed E-state index contributed by atoms with van der Waals surface area (Å²) in [4.78, 5) is 41.9. The second-order valence-corrected chi connectivity index (χ2v) is 10.6. The quantitative estimate of drug-likeness (QED) is 0.386. The minimum absolute atomic E-state index is 0.174. The lowest BCUT2D eigenvalue weighted by Crippen LogP contribution is -2.47. The predicted molar refractivity (Wildman–Crippen MR) is 145 cm³/mol. The fraction of sp³-hybridized carbons (Fsp3) is 0.367. The van der Waals surface area contributed by atoms with Crippen LogP contribution >= 0.6 is 0 Å². The number of ether oxygens (including phenoxy) is 1. The molecule has 3 aromatic rings. The van der Waals surface area contributed by atoms with Crippen molar-refractivity contribution in [2.75, 3.05) is 6.54 Å². The molecule has 7 heteroatoms. The van der Waals surface area contributed by atoms with Crippen molar-refractivity contribution in [3.05, 3.63) is 77.5 Å². The highest BCUT2D eigenvalue weighted by Crippen LogP contribution is 2.30. The number of rotatable bonds is 9. The molecule has 1 aliphatic carbocycles. The first kappa shape index (κ1) is 26.2. The molecule has 0 saturated carbocycles. The molecule has 0 spiro atoms. The molecule has 37 heavy (non-hydrogen) atoms. The Labute approximate surface area is 217 Å². The number of nitrogens with one attached hydrogen (secondary N) is 3. The normalized spacial score (nSPS) is 14.4. The van der Waals surface area contributed by atoms with Gasteiger partial charge < -0.3 is 20.4 Å². The van der Waals surface area contributed by atoms with Gasteiger partial charge in [0, 0.05) is 29.4 Å². The van der Waals surface area contributed by atoms with Crippen molar-refractivity contribution in [2.45, 2.75) is 58.6 Å². The summed E-state index contributed by atoms with van der Waals surface area (Å²) in [6.07, 6.45) is 5.03. The van der Waals surface area contributed by atoms with E-state index >= 15 is 0 Å². The van der Waals surface area contributed by atoms with Gasteiger partial charge in [0.15, 0.2) is 5.78 Å². The van der Waals surface area contributed by atoms with Gasteiger partial charge in [-0.25, -0.2) is 4.79 Å². The second-order valence-electron chi connectivity index (χ2n) is 10.6. The fourth-order valence-corrected chi connectivity index (χ4v) is 4.66. The Balaban J connectivity index is 1.39. The molecule has 2 amide bonds. The summed E-state index contributed by atoms with van der Waals surface area (Å²) < 4.78 is 5.40. The van der Waals surface area contributed by atoms with Crippen molar-refractivity contribution in [2.24, 2.45) is 5.92 Å². The molecule has 4 rings (SSSR count). The molecule has 0 fully saturated rings. The number of Topliss-reactive ketones (excluding diaryl/α,β-unsaturated/α-hetero) is 1. The number of fused-ring (bicyclic) bond motifs is 2. The van der Waals surface area contributed by atoms with Crippen LogP contribution in [0.3, 0.4) is 0 Å². The highest BCUT2D eigenvalue weighted by atomic mass is 16.6. The number of carbonyl (C=O) groups is 3. The third-order valence-corrected chi connectivity index (χ3v) is 6.52. The average molecular weight is 502 g/mol. The number of hydrogen-bond donors (Lipinski definition) is 3.